The Hall–Kier alpha value is -1.12. The van der Waals surface area contributed by atoms with Crippen molar-refractivity contribution in [1.82, 2.24) is 5.32 Å². The Morgan fingerprint density at radius 3 is 2.71 bits per heavy atom. The van der Waals surface area contributed by atoms with Crippen molar-refractivity contribution in [1.29, 1.82) is 0 Å². The van der Waals surface area contributed by atoms with Gasteiger partial charge >= 0.3 is 0 Å². The van der Waals surface area contributed by atoms with E-state index in [-0.39, 0.29) is 0 Å². The first kappa shape index (κ1) is 12.3. The van der Waals surface area contributed by atoms with Gasteiger partial charge in [0.2, 0.25) is 0 Å². The minimum absolute atomic E-state index is 0.475. The Morgan fingerprint density at radius 1 is 1.35 bits per heavy atom. The summed E-state index contributed by atoms with van der Waals surface area (Å²) < 4.78 is 5.54. The maximum absolute atomic E-state index is 5.54. The minimum Gasteiger partial charge on any atom is -0.378 e. The van der Waals surface area contributed by atoms with Crippen molar-refractivity contribution in [3.63, 3.8) is 0 Å². The average molecular weight is 231 g/mol. The Bertz CT molecular complexity index is 354. The third kappa shape index (κ3) is 3.42. The van der Waals surface area contributed by atoms with Gasteiger partial charge in [0.15, 0.2) is 0 Å². The molecule has 0 unspecified atom stereocenters. The molecule has 0 spiro atoms. The molecule has 1 saturated carbocycles. The fraction of sp³-hybridized carbons (Fsp3) is 0.467. The molecule has 0 amide bonds. The first-order chi connectivity index (χ1) is 8.29. The van der Waals surface area contributed by atoms with Crippen molar-refractivity contribution in [3.8, 4) is 0 Å². The molecule has 1 aromatic carbocycles. The van der Waals surface area contributed by atoms with E-state index in [4.69, 9.17) is 4.74 Å². The maximum Gasteiger partial charge on any atom is 0.0604 e. The summed E-state index contributed by atoms with van der Waals surface area (Å²) in [5, 5.41) is 3.53. The van der Waals surface area contributed by atoms with Gasteiger partial charge in [-0.15, -0.1) is 0 Å². The molecule has 17 heavy (non-hydrogen) atoms. The first-order valence-electron chi connectivity index (χ1n) is 6.37. The summed E-state index contributed by atoms with van der Waals surface area (Å²) in [7, 11) is 0. The number of rotatable bonds is 6. The fourth-order valence-corrected chi connectivity index (χ4v) is 2.15. The van der Waals surface area contributed by atoms with Crippen LogP contribution in [0.2, 0.25) is 0 Å². The van der Waals surface area contributed by atoms with Gasteiger partial charge in [0.25, 0.3) is 0 Å². The third-order valence-corrected chi connectivity index (χ3v) is 3.28. The van der Waals surface area contributed by atoms with Crippen molar-refractivity contribution in [2.75, 3.05) is 13.2 Å². The molecule has 2 nitrogen and oxygen atoms in total. The van der Waals surface area contributed by atoms with Crippen molar-refractivity contribution < 1.29 is 4.74 Å². The number of hydrogen-bond donors (Lipinski definition) is 1. The number of nitrogens with one attached hydrogen (secondary N) is 1. The van der Waals surface area contributed by atoms with Crippen molar-refractivity contribution in [3.05, 3.63) is 42.5 Å². The second-order valence-electron chi connectivity index (χ2n) is 4.60. The maximum atomic E-state index is 5.54. The molecule has 1 fully saturated rings. The van der Waals surface area contributed by atoms with Gasteiger partial charge in [0.05, 0.1) is 6.10 Å². The molecular formula is C15H21NO. The van der Waals surface area contributed by atoms with Crippen LogP contribution in [0.5, 0.6) is 0 Å². The number of hydrogen-bond acceptors (Lipinski definition) is 2. The molecular weight excluding hydrogens is 210 g/mol. The molecule has 1 aliphatic rings. The van der Waals surface area contributed by atoms with Crippen LogP contribution in [0.15, 0.2) is 36.9 Å². The lowest BCUT2D eigenvalue weighted by Crippen LogP contribution is -2.45. The van der Waals surface area contributed by atoms with E-state index in [0.29, 0.717) is 12.1 Å². The number of benzene rings is 1. The fourth-order valence-electron chi connectivity index (χ4n) is 2.15. The molecule has 1 aliphatic carbocycles. The molecule has 2 heteroatoms. The van der Waals surface area contributed by atoms with E-state index in [0.717, 1.165) is 31.6 Å². The highest BCUT2D eigenvalue weighted by atomic mass is 16.5. The van der Waals surface area contributed by atoms with Crippen LogP contribution in [-0.2, 0) is 4.74 Å². The van der Waals surface area contributed by atoms with Crippen molar-refractivity contribution in [2.45, 2.75) is 31.9 Å². The van der Waals surface area contributed by atoms with Gasteiger partial charge in [-0.1, -0.05) is 36.9 Å². The standard InChI is InChI=1S/C15H21NO/c1-3-17-15-9-14(10-15)16-11-12(2)13-7-5-4-6-8-13/h4-8,14-16H,2-3,9-11H2,1H3. The van der Waals surface area contributed by atoms with Gasteiger partial charge < -0.3 is 10.1 Å². The van der Waals surface area contributed by atoms with Gasteiger partial charge in [-0.05, 0) is 30.9 Å². The van der Waals surface area contributed by atoms with E-state index in [9.17, 15) is 0 Å². The van der Waals surface area contributed by atoms with Crippen LogP contribution < -0.4 is 5.32 Å². The highest BCUT2D eigenvalue weighted by Crippen LogP contribution is 2.23. The summed E-state index contributed by atoms with van der Waals surface area (Å²) in [5.74, 6) is 0. The van der Waals surface area contributed by atoms with E-state index in [1.165, 1.54) is 5.56 Å². The largest absolute Gasteiger partial charge is 0.378 e. The molecule has 0 radical (unpaired) electrons. The number of ether oxygens (including phenoxy) is 1. The summed E-state index contributed by atoms with van der Waals surface area (Å²) in [6.07, 6.45) is 2.74. The van der Waals surface area contributed by atoms with Gasteiger partial charge in [-0.25, -0.2) is 0 Å². The quantitative estimate of drug-likeness (QED) is 0.813. The van der Waals surface area contributed by atoms with Gasteiger partial charge in [0, 0.05) is 19.2 Å². The smallest absolute Gasteiger partial charge is 0.0604 e. The molecule has 0 aromatic heterocycles. The zero-order chi connectivity index (χ0) is 12.1. The molecule has 0 saturated heterocycles. The third-order valence-electron chi connectivity index (χ3n) is 3.28. The van der Waals surface area contributed by atoms with Crippen LogP contribution in [0.1, 0.15) is 25.3 Å². The molecule has 2 rings (SSSR count). The molecule has 0 atom stereocenters. The second kappa shape index (κ2) is 5.99. The second-order valence-corrected chi connectivity index (χ2v) is 4.60. The van der Waals surface area contributed by atoms with Crippen LogP contribution in [0.3, 0.4) is 0 Å². The minimum atomic E-state index is 0.475. The van der Waals surface area contributed by atoms with Crippen molar-refractivity contribution in [2.24, 2.45) is 0 Å². The Labute approximate surface area is 104 Å². The molecule has 1 aromatic rings. The zero-order valence-corrected chi connectivity index (χ0v) is 10.5. The van der Waals surface area contributed by atoms with Crippen LogP contribution in [-0.4, -0.2) is 25.3 Å². The van der Waals surface area contributed by atoms with Crippen LogP contribution in [0.25, 0.3) is 5.57 Å². The monoisotopic (exact) mass is 231 g/mol. The Morgan fingerprint density at radius 2 is 2.06 bits per heavy atom. The summed E-state index contributed by atoms with van der Waals surface area (Å²) in [6.45, 7) is 7.87. The summed E-state index contributed by atoms with van der Waals surface area (Å²) in [4.78, 5) is 0. The highest BCUT2D eigenvalue weighted by molar-refractivity contribution is 5.64. The SMILES string of the molecule is C=C(CNC1CC(OCC)C1)c1ccccc1. The van der Waals surface area contributed by atoms with E-state index in [1.54, 1.807) is 0 Å². The Balaban J connectivity index is 1.68. The normalized spacial score (nSPS) is 23.1. The van der Waals surface area contributed by atoms with Gasteiger partial charge in [-0.2, -0.15) is 0 Å². The van der Waals surface area contributed by atoms with Crippen LogP contribution >= 0.6 is 0 Å². The predicted molar refractivity (Wildman–Crippen MR) is 71.9 cm³/mol. The molecule has 0 heterocycles. The van der Waals surface area contributed by atoms with E-state index < -0.39 is 0 Å². The Kier molecular flexibility index (Phi) is 4.35. The lowest BCUT2D eigenvalue weighted by molar-refractivity contribution is -0.00886. The lowest BCUT2D eigenvalue weighted by Gasteiger charge is -2.35. The molecule has 92 valence electrons. The zero-order valence-electron chi connectivity index (χ0n) is 10.5. The van der Waals surface area contributed by atoms with Crippen LogP contribution in [0, 0.1) is 0 Å². The van der Waals surface area contributed by atoms with E-state index in [2.05, 4.69) is 43.1 Å². The highest BCUT2D eigenvalue weighted by Gasteiger charge is 2.28. The van der Waals surface area contributed by atoms with Crippen molar-refractivity contribution >= 4 is 5.57 Å². The lowest BCUT2D eigenvalue weighted by atomic mass is 9.89. The first-order valence-corrected chi connectivity index (χ1v) is 6.37. The van der Waals surface area contributed by atoms with E-state index in [1.807, 2.05) is 6.07 Å². The molecule has 0 bridgehead atoms. The predicted octanol–water partition coefficient (Wildman–Crippen LogP) is 2.86. The van der Waals surface area contributed by atoms with Gasteiger partial charge in [-0.3, -0.25) is 0 Å². The van der Waals surface area contributed by atoms with Crippen LogP contribution in [0.4, 0.5) is 0 Å². The van der Waals surface area contributed by atoms with E-state index >= 15 is 0 Å². The average Bonchev–Trinajstić information content (AvgIpc) is 2.32. The van der Waals surface area contributed by atoms with Gasteiger partial charge in [0.1, 0.15) is 0 Å². The summed E-state index contributed by atoms with van der Waals surface area (Å²) >= 11 is 0. The topological polar surface area (TPSA) is 21.3 Å². The summed E-state index contributed by atoms with van der Waals surface area (Å²) in [6, 6.07) is 10.9. The molecule has 1 N–H and O–H groups in total. The molecule has 0 aliphatic heterocycles. The summed E-state index contributed by atoms with van der Waals surface area (Å²) in [5.41, 5.74) is 2.38.